The quantitative estimate of drug-likeness (QED) is 0.614. The molecule has 0 aliphatic heterocycles. The van der Waals surface area contributed by atoms with Gasteiger partial charge in [0.2, 0.25) is 0 Å². The van der Waals surface area contributed by atoms with Crippen LogP contribution in [0.4, 0.5) is 0 Å². The highest BCUT2D eigenvalue weighted by atomic mass is 16.5. The Morgan fingerprint density at radius 1 is 1.71 bits per heavy atom. The van der Waals surface area contributed by atoms with Crippen LogP contribution < -0.4 is 0 Å². The molecule has 4 heteroatoms. The van der Waals surface area contributed by atoms with Crippen molar-refractivity contribution >= 4 is 5.97 Å². The lowest BCUT2D eigenvalue weighted by atomic mass is 10.3. The summed E-state index contributed by atoms with van der Waals surface area (Å²) >= 11 is 0. The molecule has 0 heterocycles. The molecule has 14 heavy (non-hydrogen) atoms. The largest absolute Gasteiger partial charge is 0.465 e. The van der Waals surface area contributed by atoms with Crippen molar-refractivity contribution in [2.75, 3.05) is 13.2 Å². The Morgan fingerprint density at radius 3 is 2.79 bits per heavy atom. The normalized spacial score (nSPS) is 17.6. The number of carbonyl (C=O) groups excluding carboxylic acids is 1. The first-order valence-corrected chi connectivity index (χ1v) is 5.00. The topological polar surface area (TPSA) is 53.3 Å². The molecule has 1 saturated carbocycles. The minimum absolute atomic E-state index is 0.202. The van der Waals surface area contributed by atoms with Gasteiger partial charge in [-0.3, -0.25) is 9.69 Å². The summed E-state index contributed by atoms with van der Waals surface area (Å²) in [5.74, 6) is -0.235. The van der Waals surface area contributed by atoms with Gasteiger partial charge < -0.3 is 4.74 Å². The van der Waals surface area contributed by atoms with Crippen LogP contribution in [0.15, 0.2) is 0 Å². The molecule has 4 nitrogen and oxygen atoms in total. The summed E-state index contributed by atoms with van der Waals surface area (Å²) in [6.45, 7) is 4.25. The Morgan fingerprint density at radius 2 is 2.36 bits per heavy atom. The molecule has 0 bridgehead atoms. The molecule has 0 N–H and O–H groups in total. The molecule has 78 valence electrons. The van der Waals surface area contributed by atoms with Crippen molar-refractivity contribution in [1.29, 1.82) is 5.26 Å². The smallest absolute Gasteiger partial charge is 0.320 e. The molecular formula is C10H16N2O2. The minimum atomic E-state index is -0.235. The lowest BCUT2D eigenvalue weighted by Crippen LogP contribution is -2.39. The van der Waals surface area contributed by atoms with Gasteiger partial charge in [-0.25, -0.2) is 0 Å². The molecule has 0 amide bonds. The van der Waals surface area contributed by atoms with Crippen LogP contribution in [0.5, 0.6) is 0 Å². The standard InChI is InChI=1S/C10H16N2O2/c1-3-14-10(13)7-12(8(2)6-11)9-4-5-9/h8-9H,3-5,7H2,1-2H3. The number of hydrogen-bond donors (Lipinski definition) is 0. The lowest BCUT2D eigenvalue weighted by Gasteiger charge is -2.22. The number of nitrogens with zero attached hydrogens (tertiary/aromatic N) is 2. The molecule has 1 aliphatic carbocycles. The molecule has 1 atom stereocenters. The fourth-order valence-electron chi connectivity index (χ4n) is 1.42. The maximum atomic E-state index is 11.2. The van der Waals surface area contributed by atoms with Crippen molar-refractivity contribution in [3.05, 3.63) is 0 Å². The average molecular weight is 196 g/mol. The monoisotopic (exact) mass is 196 g/mol. The van der Waals surface area contributed by atoms with Gasteiger partial charge in [0.1, 0.15) is 0 Å². The van der Waals surface area contributed by atoms with Gasteiger partial charge in [-0.2, -0.15) is 5.26 Å². The third kappa shape index (κ3) is 3.00. The van der Waals surface area contributed by atoms with Crippen LogP contribution in [0.1, 0.15) is 26.7 Å². The van der Waals surface area contributed by atoms with Crippen LogP contribution in [0.2, 0.25) is 0 Å². The van der Waals surface area contributed by atoms with E-state index < -0.39 is 0 Å². The summed E-state index contributed by atoms with van der Waals surface area (Å²) in [4.78, 5) is 13.1. The van der Waals surface area contributed by atoms with Gasteiger partial charge in [0.05, 0.1) is 25.3 Å². The van der Waals surface area contributed by atoms with Crippen LogP contribution in [0.3, 0.4) is 0 Å². The molecule has 0 saturated heterocycles. The van der Waals surface area contributed by atoms with Gasteiger partial charge in [-0.15, -0.1) is 0 Å². The molecule has 0 aromatic carbocycles. The molecule has 0 aromatic heterocycles. The van der Waals surface area contributed by atoms with E-state index in [0.717, 1.165) is 12.8 Å². The minimum Gasteiger partial charge on any atom is -0.465 e. The first-order valence-electron chi connectivity index (χ1n) is 5.00. The van der Waals surface area contributed by atoms with E-state index in [1.165, 1.54) is 0 Å². The van der Waals surface area contributed by atoms with E-state index >= 15 is 0 Å². The van der Waals surface area contributed by atoms with Crippen molar-refractivity contribution in [2.24, 2.45) is 0 Å². The molecular weight excluding hydrogens is 180 g/mol. The van der Waals surface area contributed by atoms with E-state index in [-0.39, 0.29) is 18.6 Å². The molecule has 1 rings (SSSR count). The van der Waals surface area contributed by atoms with Gasteiger partial charge in [-0.05, 0) is 26.7 Å². The summed E-state index contributed by atoms with van der Waals surface area (Å²) in [6.07, 6.45) is 2.18. The van der Waals surface area contributed by atoms with Gasteiger partial charge in [0, 0.05) is 6.04 Å². The Bertz CT molecular complexity index is 243. The molecule has 0 aromatic rings. The van der Waals surface area contributed by atoms with Crippen molar-refractivity contribution < 1.29 is 9.53 Å². The van der Waals surface area contributed by atoms with Crippen molar-refractivity contribution in [1.82, 2.24) is 4.90 Å². The molecule has 1 fully saturated rings. The second kappa shape index (κ2) is 4.97. The van der Waals surface area contributed by atoms with E-state index in [1.54, 1.807) is 6.92 Å². The van der Waals surface area contributed by atoms with E-state index in [0.29, 0.717) is 12.6 Å². The highest BCUT2D eigenvalue weighted by Gasteiger charge is 2.33. The Hall–Kier alpha value is -1.08. The zero-order valence-corrected chi connectivity index (χ0v) is 8.69. The second-order valence-electron chi connectivity index (χ2n) is 3.51. The SMILES string of the molecule is CCOC(=O)CN(C(C)C#N)C1CC1. The second-order valence-corrected chi connectivity index (χ2v) is 3.51. The van der Waals surface area contributed by atoms with Gasteiger partial charge in [0.25, 0.3) is 0 Å². The number of hydrogen-bond acceptors (Lipinski definition) is 4. The fraction of sp³-hybridized carbons (Fsp3) is 0.800. The highest BCUT2D eigenvalue weighted by molar-refractivity contribution is 5.71. The molecule has 0 radical (unpaired) electrons. The predicted molar refractivity (Wildman–Crippen MR) is 51.4 cm³/mol. The molecule has 1 aliphatic rings. The van der Waals surface area contributed by atoms with Gasteiger partial charge >= 0.3 is 5.97 Å². The number of rotatable bonds is 5. The van der Waals surface area contributed by atoms with Crippen molar-refractivity contribution in [2.45, 2.75) is 38.8 Å². The zero-order chi connectivity index (χ0) is 10.6. The van der Waals surface area contributed by atoms with Crippen LogP contribution in [0, 0.1) is 11.3 Å². The first-order chi connectivity index (χ1) is 6.69. The maximum Gasteiger partial charge on any atom is 0.320 e. The summed E-state index contributed by atoms with van der Waals surface area (Å²) in [7, 11) is 0. The predicted octanol–water partition coefficient (Wildman–Crippen LogP) is 0.926. The first kappa shape index (κ1) is 11.0. The molecule has 0 spiro atoms. The maximum absolute atomic E-state index is 11.2. The fourth-order valence-corrected chi connectivity index (χ4v) is 1.42. The summed E-state index contributed by atoms with van der Waals surface area (Å²) in [5, 5.41) is 8.78. The Balaban J connectivity index is 2.43. The number of nitriles is 1. The third-order valence-corrected chi connectivity index (χ3v) is 2.32. The van der Waals surface area contributed by atoms with Crippen LogP contribution >= 0.6 is 0 Å². The number of esters is 1. The summed E-state index contributed by atoms with van der Waals surface area (Å²) in [5.41, 5.74) is 0. The van der Waals surface area contributed by atoms with E-state index in [9.17, 15) is 4.79 Å². The van der Waals surface area contributed by atoms with Crippen LogP contribution in [0.25, 0.3) is 0 Å². The van der Waals surface area contributed by atoms with Gasteiger partial charge in [0.15, 0.2) is 0 Å². The van der Waals surface area contributed by atoms with E-state index in [2.05, 4.69) is 6.07 Å². The summed E-state index contributed by atoms with van der Waals surface area (Å²) < 4.78 is 4.85. The number of ether oxygens (including phenoxy) is 1. The van der Waals surface area contributed by atoms with Crippen LogP contribution in [-0.4, -0.2) is 36.1 Å². The Kier molecular flexibility index (Phi) is 3.90. The molecule has 1 unspecified atom stereocenters. The van der Waals surface area contributed by atoms with Crippen molar-refractivity contribution in [3.8, 4) is 6.07 Å². The average Bonchev–Trinajstić information content (AvgIpc) is 2.97. The van der Waals surface area contributed by atoms with Gasteiger partial charge in [-0.1, -0.05) is 0 Å². The lowest BCUT2D eigenvalue weighted by molar-refractivity contribution is -0.144. The van der Waals surface area contributed by atoms with E-state index in [1.807, 2.05) is 11.8 Å². The number of carbonyl (C=O) groups is 1. The zero-order valence-electron chi connectivity index (χ0n) is 8.69. The summed E-state index contributed by atoms with van der Waals surface area (Å²) in [6, 6.07) is 2.36. The van der Waals surface area contributed by atoms with E-state index in [4.69, 9.17) is 10.00 Å². The third-order valence-electron chi connectivity index (χ3n) is 2.32. The highest BCUT2D eigenvalue weighted by Crippen LogP contribution is 2.28. The van der Waals surface area contributed by atoms with Crippen LogP contribution in [-0.2, 0) is 9.53 Å². The Labute approximate surface area is 84.4 Å². The van der Waals surface area contributed by atoms with Crippen molar-refractivity contribution in [3.63, 3.8) is 0 Å².